The van der Waals surface area contributed by atoms with Crippen molar-refractivity contribution in [1.29, 1.82) is 0 Å². The Kier molecular flexibility index (Phi) is 7.11. The number of rotatable bonds is 9. The minimum atomic E-state index is -0.942. The van der Waals surface area contributed by atoms with Crippen LogP contribution in [-0.4, -0.2) is 48.2 Å². The standard InChI is InChI=1S/C19H24FNO4S/c1-4-25-9-5-8-21(11-12(2)19(23)24)18(22)17-13(3)15-10-14(20)6-7-16(15)26-17/h6-7,10,12H,4-5,8-9,11H2,1-3H3,(H,23,24). The molecule has 1 amide bonds. The second-order valence-electron chi connectivity index (χ2n) is 6.24. The zero-order valence-electron chi connectivity index (χ0n) is 15.3. The number of thiophene rings is 1. The molecule has 1 atom stereocenters. The Bertz CT molecular complexity index is 789. The van der Waals surface area contributed by atoms with E-state index in [1.165, 1.54) is 23.5 Å². The number of halogens is 1. The lowest BCUT2D eigenvalue weighted by molar-refractivity contribution is -0.141. The number of carbonyl (C=O) groups excluding carboxylic acids is 1. The number of amides is 1. The molecule has 0 spiro atoms. The third-order valence-corrected chi connectivity index (χ3v) is 5.48. The maximum Gasteiger partial charge on any atom is 0.308 e. The van der Waals surface area contributed by atoms with E-state index in [2.05, 4.69) is 0 Å². The molecule has 1 N–H and O–H groups in total. The van der Waals surface area contributed by atoms with Gasteiger partial charge in [0.15, 0.2) is 0 Å². The Morgan fingerprint density at radius 1 is 1.38 bits per heavy atom. The molecule has 1 aromatic carbocycles. The third-order valence-electron chi connectivity index (χ3n) is 4.22. The summed E-state index contributed by atoms with van der Waals surface area (Å²) in [6, 6.07) is 4.47. The van der Waals surface area contributed by atoms with Crippen LogP contribution in [0.5, 0.6) is 0 Å². The van der Waals surface area contributed by atoms with Crippen LogP contribution in [0.4, 0.5) is 4.39 Å². The van der Waals surface area contributed by atoms with Crippen LogP contribution >= 0.6 is 11.3 Å². The molecular weight excluding hydrogens is 357 g/mol. The molecule has 2 rings (SSSR count). The molecule has 0 radical (unpaired) electrons. The summed E-state index contributed by atoms with van der Waals surface area (Å²) in [7, 11) is 0. The number of aliphatic carboxylic acids is 1. The Balaban J connectivity index is 2.26. The van der Waals surface area contributed by atoms with Gasteiger partial charge in [-0.1, -0.05) is 6.92 Å². The van der Waals surface area contributed by atoms with E-state index in [9.17, 15) is 19.1 Å². The number of carboxylic acids is 1. The van der Waals surface area contributed by atoms with E-state index in [0.29, 0.717) is 31.1 Å². The molecule has 1 aromatic heterocycles. The minimum absolute atomic E-state index is 0.127. The van der Waals surface area contributed by atoms with Crippen LogP contribution < -0.4 is 0 Å². The van der Waals surface area contributed by atoms with Crippen molar-refractivity contribution in [2.45, 2.75) is 27.2 Å². The highest BCUT2D eigenvalue weighted by Gasteiger charge is 2.25. The number of nitrogens with zero attached hydrogens (tertiary/aromatic N) is 1. The summed E-state index contributed by atoms with van der Waals surface area (Å²) in [5.41, 5.74) is 0.729. The van der Waals surface area contributed by atoms with Crippen molar-refractivity contribution in [3.8, 4) is 0 Å². The quantitative estimate of drug-likeness (QED) is 0.668. The van der Waals surface area contributed by atoms with Crippen LogP contribution in [0.25, 0.3) is 10.1 Å². The predicted molar refractivity (Wildman–Crippen MR) is 100 cm³/mol. The number of fused-ring (bicyclic) bond motifs is 1. The maximum absolute atomic E-state index is 13.5. The molecule has 2 aromatic rings. The van der Waals surface area contributed by atoms with Gasteiger partial charge in [-0.3, -0.25) is 9.59 Å². The number of benzene rings is 1. The largest absolute Gasteiger partial charge is 0.481 e. The molecule has 0 bridgehead atoms. The monoisotopic (exact) mass is 381 g/mol. The first-order valence-corrected chi connectivity index (χ1v) is 9.45. The number of aryl methyl sites for hydroxylation is 1. The van der Waals surface area contributed by atoms with Gasteiger partial charge in [0.2, 0.25) is 0 Å². The highest BCUT2D eigenvalue weighted by Crippen LogP contribution is 2.32. The molecule has 1 unspecified atom stereocenters. The Morgan fingerprint density at radius 3 is 2.77 bits per heavy atom. The zero-order valence-corrected chi connectivity index (χ0v) is 16.1. The van der Waals surface area contributed by atoms with Gasteiger partial charge in [-0.05, 0) is 49.4 Å². The Morgan fingerprint density at radius 2 is 2.12 bits per heavy atom. The molecule has 26 heavy (non-hydrogen) atoms. The average Bonchev–Trinajstić information content (AvgIpc) is 2.93. The number of ether oxygens (including phenoxy) is 1. The van der Waals surface area contributed by atoms with Crippen LogP contribution in [0.15, 0.2) is 18.2 Å². The normalized spacial score (nSPS) is 12.3. The van der Waals surface area contributed by atoms with Gasteiger partial charge in [-0.2, -0.15) is 0 Å². The van der Waals surface area contributed by atoms with Crippen LogP contribution in [0.3, 0.4) is 0 Å². The number of carboxylic acid groups (broad SMARTS) is 1. The number of hydrogen-bond acceptors (Lipinski definition) is 4. The molecular formula is C19H24FNO4S. The summed E-state index contributed by atoms with van der Waals surface area (Å²) < 4.78 is 19.7. The van der Waals surface area contributed by atoms with Gasteiger partial charge in [0.05, 0.1) is 10.8 Å². The summed E-state index contributed by atoms with van der Waals surface area (Å²) in [5.74, 6) is -2.17. The van der Waals surface area contributed by atoms with Gasteiger partial charge in [0.25, 0.3) is 5.91 Å². The van der Waals surface area contributed by atoms with E-state index in [-0.39, 0.29) is 18.3 Å². The molecule has 0 aliphatic heterocycles. The van der Waals surface area contributed by atoms with Gasteiger partial charge < -0.3 is 14.7 Å². The molecule has 1 heterocycles. The summed E-state index contributed by atoms with van der Waals surface area (Å²) in [5, 5.41) is 9.91. The topological polar surface area (TPSA) is 66.8 Å². The highest BCUT2D eigenvalue weighted by atomic mass is 32.1. The lowest BCUT2D eigenvalue weighted by Gasteiger charge is -2.24. The van der Waals surface area contributed by atoms with Crippen LogP contribution in [-0.2, 0) is 9.53 Å². The minimum Gasteiger partial charge on any atom is -0.481 e. The van der Waals surface area contributed by atoms with Gasteiger partial charge in [-0.15, -0.1) is 11.3 Å². The van der Waals surface area contributed by atoms with Crippen molar-refractivity contribution in [3.63, 3.8) is 0 Å². The van der Waals surface area contributed by atoms with E-state index in [1.807, 2.05) is 6.92 Å². The zero-order chi connectivity index (χ0) is 19.3. The first-order valence-electron chi connectivity index (χ1n) is 8.63. The van der Waals surface area contributed by atoms with Crippen molar-refractivity contribution < 1.29 is 23.8 Å². The Labute approximate surface area is 156 Å². The van der Waals surface area contributed by atoms with E-state index < -0.39 is 11.9 Å². The lowest BCUT2D eigenvalue weighted by Crippen LogP contribution is -2.38. The van der Waals surface area contributed by atoms with Crippen molar-refractivity contribution in [3.05, 3.63) is 34.5 Å². The van der Waals surface area contributed by atoms with E-state index in [0.717, 1.165) is 15.6 Å². The molecule has 0 fully saturated rings. The molecule has 0 aliphatic rings. The van der Waals surface area contributed by atoms with E-state index in [1.54, 1.807) is 24.8 Å². The smallest absolute Gasteiger partial charge is 0.308 e. The van der Waals surface area contributed by atoms with Crippen LogP contribution in [0, 0.1) is 18.7 Å². The third kappa shape index (κ3) is 4.80. The number of carbonyl (C=O) groups is 2. The van der Waals surface area contributed by atoms with Crippen molar-refractivity contribution in [1.82, 2.24) is 4.90 Å². The van der Waals surface area contributed by atoms with Crippen molar-refractivity contribution in [2.24, 2.45) is 5.92 Å². The average molecular weight is 381 g/mol. The first-order chi connectivity index (χ1) is 12.3. The van der Waals surface area contributed by atoms with E-state index in [4.69, 9.17) is 4.74 Å². The van der Waals surface area contributed by atoms with Crippen LogP contribution in [0.2, 0.25) is 0 Å². The fourth-order valence-electron chi connectivity index (χ4n) is 2.73. The van der Waals surface area contributed by atoms with Gasteiger partial charge in [-0.25, -0.2) is 4.39 Å². The number of hydrogen-bond donors (Lipinski definition) is 1. The van der Waals surface area contributed by atoms with Crippen molar-refractivity contribution >= 4 is 33.3 Å². The highest BCUT2D eigenvalue weighted by molar-refractivity contribution is 7.21. The van der Waals surface area contributed by atoms with Crippen molar-refractivity contribution in [2.75, 3.05) is 26.3 Å². The maximum atomic E-state index is 13.5. The fourth-order valence-corrected chi connectivity index (χ4v) is 3.88. The molecule has 5 nitrogen and oxygen atoms in total. The molecule has 0 saturated heterocycles. The van der Waals surface area contributed by atoms with Gasteiger partial charge in [0.1, 0.15) is 5.82 Å². The molecule has 0 saturated carbocycles. The predicted octanol–water partition coefficient (Wildman–Crippen LogP) is 3.94. The SMILES string of the molecule is CCOCCCN(CC(C)C(=O)O)C(=O)c1sc2ccc(F)cc2c1C. The molecule has 7 heteroatoms. The van der Waals surface area contributed by atoms with Crippen LogP contribution in [0.1, 0.15) is 35.5 Å². The van der Waals surface area contributed by atoms with E-state index >= 15 is 0 Å². The Hall–Kier alpha value is -1.99. The first kappa shape index (κ1) is 20.3. The fraction of sp³-hybridized carbons (Fsp3) is 0.474. The lowest BCUT2D eigenvalue weighted by atomic mass is 10.1. The second kappa shape index (κ2) is 9.09. The summed E-state index contributed by atoms with van der Waals surface area (Å²) >= 11 is 1.31. The molecule has 142 valence electrons. The van der Waals surface area contributed by atoms with Gasteiger partial charge in [0, 0.05) is 31.0 Å². The second-order valence-corrected chi connectivity index (χ2v) is 7.29. The summed E-state index contributed by atoms with van der Waals surface area (Å²) in [6.45, 7) is 6.93. The van der Waals surface area contributed by atoms with Gasteiger partial charge >= 0.3 is 5.97 Å². The summed E-state index contributed by atoms with van der Waals surface area (Å²) in [6.07, 6.45) is 0.629. The summed E-state index contributed by atoms with van der Waals surface area (Å²) in [4.78, 5) is 26.4. The molecule has 0 aliphatic carbocycles.